The molecule has 1 rings (SSSR count). The number of hydrogen-bond donors (Lipinski definition) is 1. The van der Waals surface area contributed by atoms with Crippen LogP contribution >= 0.6 is 0 Å². The second-order valence-electron chi connectivity index (χ2n) is 2.35. The largest absolute Gasteiger partial charge is 0.381 e. The lowest BCUT2D eigenvalue weighted by Gasteiger charge is -2.04. The van der Waals surface area contributed by atoms with Crippen molar-refractivity contribution in [3.05, 3.63) is 23.1 Å². The highest BCUT2D eigenvalue weighted by Crippen LogP contribution is 2.24. The molecule has 1 aromatic heterocycles. The number of alkyl halides is 2. The molecule has 66 valence electrons. The van der Waals surface area contributed by atoms with Crippen molar-refractivity contribution in [1.29, 1.82) is 0 Å². The summed E-state index contributed by atoms with van der Waals surface area (Å²) in [6, 6.07) is 0.982. The van der Waals surface area contributed by atoms with Gasteiger partial charge in [0.1, 0.15) is 0 Å². The quantitative estimate of drug-likeness (QED) is 0.711. The van der Waals surface area contributed by atoms with Crippen molar-refractivity contribution < 1.29 is 13.2 Å². The standard InChI is InChI=1S/C7H7F3N2/c1-3-2-4(6(9)10)5(8)7(11)12-3/h2,6H,1H3,(H2,11,12). The van der Waals surface area contributed by atoms with Crippen LogP contribution in [0.15, 0.2) is 6.07 Å². The first-order valence-electron chi connectivity index (χ1n) is 3.23. The first-order chi connectivity index (χ1) is 5.52. The van der Waals surface area contributed by atoms with Crippen LogP contribution in [0, 0.1) is 12.7 Å². The molecule has 0 spiro atoms. The number of anilines is 1. The zero-order valence-electron chi connectivity index (χ0n) is 6.31. The van der Waals surface area contributed by atoms with Crippen LogP contribution in [-0.4, -0.2) is 4.98 Å². The van der Waals surface area contributed by atoms with E-state index in [1.165, 1.54) is 6.92 Å². The van der Waals surface area contributed by atoms with Gasteiger partial charge in [-0.3, -0.25) is 0 Å². The fraction of sp³-hybridized carbons (Fsp3) is 0.286. The van der Waals surface area contributed by atoms with E-state index >= 15 is 0 Å². The minimum absolute atomic E-state index is 0.282. The molecule has 0 unspecified atom stereocenters. The van der Waals surface area contributed by atoms with Crippen molar-refractivity contribution in [1.82, 2.24) is 4.98 Å². The smallest absolute Gasteiger partial charge is 0.266 e. The molecule has 2 N–H and O–H groups in total. The van der Waals surface area contributed by atoms with Crippen LogP contribution in [0.3, 0.4) is 0 Å². The molecule has 0 atom stereocenters. The molecule has 2 nitrogen and oxygen atoms in total. The van der Waals surface area contributed by atoms with E-state index in [9.17, 15) is 13.2 Å². The third kappa shape index (κ3) is 1.49. The fourth-order valence-corrected chi connectivity index (χ4v) is 0.866. The number of aryl methyl sites for hydroxylation is 1. The van der Waals surface area contributed by atoms with Crippen molar-refractivity contribution >= 4 is 5.82 Å². The van der Waals surface area contributed by atoms with Crippen LogP contribution in [0.5, 0.6) is 0 Å². The Morgan fingerprint density at radius 3 is 2.58 bits per heavy atom. The maximum absolute atomic E-state index is 12.8. The lowest BCUT2D eigenvalue weighted by molar-refractivity contribution is 0.146. The predicted octanol–water partition coefficient (Wildman–Crippen LogP) is 2.05. The molecule has 12 heavy (non-hydrogen) atoms. The number of pyridine rings is 1. The van der Waals surface area contributed by atoms with E-state index in [2.05, 4.69) is 4.98 Å². The molecule has 0 bridgehead atoms. The van der Waals surface area contributed by atoms with Crippen LogP contribution in [0.25, 0.3) is 0 Å². The second-order valence-corrected chi connectivity index (χ2v) is 2.35. The van der Waals surface area contributed by atoms with Gasteiger partial charge in [-0.05, 0) is 13.0 Å². The minimum Gasteiger partial charge on any atom is -0.381 e. The molecule has 0 aromatic carbocycles. The molecular formula is C7H7F3N2. The van der Waals surface area contributed by atoms with Crippen molar-refractivity contribution in [3.8, 4) is 0 Å². The Kier molecular flexibility index (Phi) is 2.21. The number of rotatable bonds is 1. The van der Waals surface area contributed by atoms with Gasteiger partial charge < -0.3 is 5.73 Å². The molecule has 0 saturated heterocycles. The number of halogens is 3. The van der Waals surface area contributed by atoms with Gasteiger partial charge in [0.2, 0.25) is 0 Å². The van der Waals surface area contributed by atoms with E-state index in [0.29, 0.717) is 0 Å². The second kappa shape index (κ2) is 3.00. The normalized spacial score (nSPS) is 10.8. The molecule has 0 aliphatic heterocycles. The summed E-state index contributed by atoms with van der Waals surface area (Å²) in [6.07, 6.45) is -2.85. The Balaban J connectivity index is 3.28. The summed E-state index contributed by atoms with van der Waals surface area (Å²) in [5, 5.41) is 0. The summed E-state index contributed by atoms with van der Waals surface area (Å²) in [5.74, 6) is -1.61. The lowest BCUT2D eigenvalue weighted by Crippen LogP contribution is -2.02. The highest BCUT2D eigenvalue weighted by molar-refractivity contribution is 5.37. The first kappa shape index (κ1) is 8.83. The molecule has 1 aromatic rings. The van der Waals surface area contributed by atoms with Crippen LogP contribution in [0.2, 0.25) is 0 Å². The summed E-state index contributed by atoms with van der Waals surface area (Å²) >= 11 is 0. The molecule has 0 fully saturated rings. The van der Waals surface area contributed by atoms with E-state index < -0.39 is 23.6 Å². The lowest BCUT2D eigenvalue weighted by atomic mass is 10.2. The summed E-state index contributed by atoms with van der Waals surface area (Å²) in [7, 11) is 0. The Morgan fingerprint density at radius 2 is 2.08 bits per heavy atom. The molecular weight excluding hydrogens is 169 g/mol. The number of nitrogen functional groups attached to an aromatic ring is 1. The molecule has 0 aliphatic carbocycles. The maximum atomic E-state index is 12.8. The summed E-state index contributed by atoms with van der Waals surface area (Å²) in [5.41, 5.74) is 4.63. The maximum Gasteiger partial charge on any atom is 0.266 e. The van der Waals surface area contributed by atoms with Crippen LogP contribution < -0.4 is 5.73 Å². The average Bonchev–Trinajstić information content (AvgIpc) is 1.96. The van der Waals surface area contributed by atoms with E-state index in [4.69, 9.17) is 5.73 Å². The van der Waals surface area contributed by atoms with Gasteiger partial charge in [-0.15, -0.1) is 0 Å². The van der Waals surface area contributed by atoms with E-state index in [-0.39, 0.29) is 5.69 Å². The fourth-order valence-electron chi connectivity index (χ4n) is 0.866. The van der Waals surface area contributed by atoms with Gasteiger partial charge in [0.05, 0.1) is 5.56 Å². The SMILES string of the molecule is Cc1cc(C(F)F)c(F)c(N)n1. The summed E-state index contributed by atoms with van der Waals surface area (Å²) < 4.78 is 36.9. The molecule has 0 saturated carbocycles. The zero-order valence-corrected chi connectivity index (χ0v) is 6.31. The van der Waals surface area contributed by atoms with Gasteiger partial charge in [0.15, 0.2) is 11.6 Å². The summed E-state index contributed by atoms with van der Waals surface area (Å²) in [4.78, 5) is 3.49. The number of nitrogens with two attached hydrogens (primary N) is 1. The van der Waals surface area contributed by atoms with Gasteiger partial charge in [0, 0.05) is 5.69 Å². The summed E-state index contributed by atoms with van der Waals surface area (Å²) in [6.45, 7) is 1.47. The van der Waals surface area contributed by atoms with Gasteiger partial charge in [-0.25, -0.2) is 18.2 Å². The van der Waals surface area contributed by atoms with Crippen LogP contribution in [-0.2, 0) is 0 Å². The predicted molar refractivity (Wildman–Crippen MR) is 38.3 cm³/mol. The molecule has 0 aliphatic rings. The molecule has 5 heteroatoms. The van der Waals surface area contributed by atoms with Crippen LogP contribution in [0.1, 0.15) is 17.7 Å². The monoisotopic (exact) mass is 176 g/mol. The Labute approximate surface area is 67.2 Å². The van der Waals surface area contributed by atoms with E-state index in [0.717, 1.165) is 6.07 Å². The van der Waals surface area contributed by atoms with Gasteiger partial charge in [-0.1, -0.05) is 0 Å². The van der Waals surface area contributed by atoms with Crippen molar-refractivity contribution in [2.45, 2.75) is 13.3 Å². The molecule has 0 radical (unpaired) electrons. The highest BCUT2D eigenvalue weighted by Gasteiger charge is 2.16. The van der Waals surface area contributed by atoms with Crippen LogP contribution in [0.4, 0.5) is 19.0 Å². The Bertz CT molecular complexity index is 299. The number of aromatic nitrogens is 1. The van der Waals surface area contributed by atoms with Gasteiger partial charge in [0.25, 0.3) is 6.43 Å². The first-order valence-corrected chi connectivity index (χ1v) is 3.23. The van der Waals surface area contributed by atoms with Crippen molar-refractivity contribution in [3.63, 3.8) is 0 Å². The van der Waals surface area contributed by atoms with Gasteiger partial charge in [-0.2, -0.15) is 0 Å². The molecule has 1 heterocycles. The topological polar surface area (TPSA) is 38.9 Å². The number of nitrogens with zero attached hydrogens (tertiary/aromatic N) is 1. The third-order valence-corrected chi connectivity index (χ3v) is 1.37. The third-order valence-electron chi connectivity index (χ3n) is 1.37. The van der Waals surface area contributed by atoms with Crippen molar-refractivity contribution in [2.24, 2.45) is 0 Å². The van der Waals surface area contributed by atoms with E-state index in [1.807, 2.05) is 0 Å². The Morgan fingerprint density at radius 1 is 1.50 bits per heavy atom. The minimum atomic E-state index is -2.85. The average molecular weight is 176 g/mol. The van der Waals surface area contributed by atoms with E-state index in [1.54, 1.807) is 0 Å². The molecule has 0 amide bonds. The highest BCUT2D eigenvalue weighted by atomic mass is 19.3. The Hall–Kier alpha value is -1.26. The number of hydrogen-bond acceptors (Lipinski definition) is 2. The van der Waals surface area contributed by atoms with Crippen molar-refractivity contribution in [2.75, 3.05) is 5.73 Å². The zero-order chi connectivity index (χ0) is 9.30. The van der Waals surface area contributed by atoms with Gasteiger partial charge >= 0.3 is 0 Å².